The number of H-pyrrole nitrogens is 1. The van der Waals surface area contributed by atoms with E-state index in [1.54, 1.807) is 18.2 Å². The van der Waals surface area contributed by atoms with Gasteiger partial charge in [-0.3, -0.25) is 19.7 Å². The van der Waals surface area contributed by atoms with E-state index >= 15 is 0 Å². The smallest absolute Gasteiger partial charge is 0.280 e. The van der Waals surface area contributed by atoms with Gasteiger partial charge in [-0.2, -0.15) is 0 Å². The van der Waals surface area contributed by atoms with Gasteiger partial charge in [0.15, 0.2) is 0 Å². The highest BCUT2D eigenvalue weighted by Gasteiger charge is 2.14. The first-order valence-corrected chi connectivity index (χ1v) is 10.1. The number of aromatic nitrogens is 3. The standard InChI is InChI=1S/C25H19FN4O2/c1-14-9-15(2)11-18(10-14)28-24(31)16-3-8-22-20(12-16)23-21(13-27-22)25(32)30(29-23)19-6-4-17(26)5-7-19/h3-13,29H,1-2H3,(H,28,31). The number of aryl methyl sites for hydroxylation is 2. The Hall–Kier alpha value is -4.26. The van der Waals surface area contributed by atoms with Gasteiger partial charge in [-0.05, 0) is 79.6 Å². The van der Waals surface area contributed by atoms with E-state index in [0.717, 1.165) is 16.8 Å². The first-order chi connectivity index (χ1) is 15.4. The molecule has 0 saturated carbocycles. The first kappa shape index (κ1) is 19.7. The van der Waals surface area contributed by atoms with E-state index in [1.165, 1.54) is 35.1 Å². The van der Waals surface area contributed by atoms with E-state index in [-0.39, 0.29) is 17.3 Å². The van der Waals surface area contributed by atoms with Crippen LogP contribution in [0.4, 0.5) is 10.1 Å². The number of carbonyl (C=O) groups is 1. The SMILES string of the molecule is Cc1cc(C)cc(NC(=O)c2ccc3ncc4c(=O)n(-c5ccc(F)cc5)[nH]c4c3c2)c1. The van der Waals surface area contributed by atoms with Crippen LogP contribution in [0.2, 0.25) is 0 Å². The molecule has 0 aliphatic rings. The number of hydrogen-bond donors (Lipinski definition) is 2. The number of halogens is 1. The van der Waals surface area contributed by atoms with E-state index in [1.807, 2.05) is 32.0 Å². The molecule has 6 nitrogen and oxygen atoms in total. The molecule has 2 aromatic heterocycles. The second-order valence-corrected chi connectivity index (χ2v) is 7.84. The molecule has 1 amide bonds. The summed E-state index contributed by atoms with van der Waals surface area (Å²) in [5, 5.41) is 7.04. The minimum atomic E-state index is -0.385. The van der Waals surface area contributed by atoms with Gasteiger partial charge in [0.25, 0.3) is 11.5 Å². The molecule has 0 fully saturated rings. The summed E-state index contributed by atoms with van der Waals surface area (Å²) < 4.78 is 14.6. The normalized spacial score (nSPS) is 11.2. The number of nitrogens with zero attached hydrogens (tertiary/aromatic N) is 2. The van der Waals surface area contributed by atoms with Gasteiger partial charge in [-0.25, -0.2) is 9.07 Å². The van der Waals surface area contributed by atoms with Gasteiger partial charge >= 0.3 is 0 Å². The van der Waals surface area contributed by atoms with E-state index in [9.17, 15) is 14.0 Å². The Morgan fingerprint density at radius 1 is 0.969 bits per heavy atom. The van der Waals surface area contributed by atoms with E-state index in [4.69, 9.17) is 0 Å². The number of nitrogens with one attached hydrogen (secondary N) is 2. The molecule has 0 bridgehead atoms. The zero-order valence-corrected chi connectivity index (χ0v) is 17.4. The Morgan fingerprint density at radius 2 is 1.69 bits per heavy atom. The fourth-order valence-corrected chi connectivity index (χ4v) is 3.92. The Morgan fingerprint density at radius 3 is 2.41 bits per heavy atom. The fourth-order valence-electron chi connectivity index (χ4n) is 3.92. The number of rotatable bonds is 3. The third kappa shape index (κ3) is 3.43. The molecular formula is C25H19FN4O2. The van der Waals surface area contributed by atoms with Crippen LogP contribution in [0, 0.1) is 19.7 Å². The van der Waals surface area contributed by atoms with Crippen LogP contribution >= 0.6 is 0 Å². The summed E-state index contributed by atoms with van der Waals surface area (Å²) in [6, 6.07) is 16.6. The van der Waals surface area contributed by atoms with Gasteiger partial charge in [-0.1, -0.05) is 6.07 Å². The second-order valence-electron chi connectivity index (χ2n) is 7.84. The van der Waals surface area contributed by atoms with Crippen molar-refractivity contribution in [2.24, 2.45) is 0 Å². The van der Waals surface area contributed by atoms with Crippen molar-refractivity contribution in [3.8, 4) is 5.69 Å². The lowest BCUT2D eigenvalue weighted by Crippen LogP contribution is -2.14. The topological polar surface area (TPSA) is 79.8 Å². The molecule has 0 atom stereocenters. The summed E-state index contributed by atoms with van der Waals surface area (Å²) in [5.74, 6) is -0.640. The van der Waals surface area contributed by atoms with Crippen molar-refractivity contribution in [3.05, 3.63) is 99.7 Å². The fraction of sp³-hybridized carbons (Fsp3) is 0.0800. The van der Waals surface area contributed by atoms with Gasteiger partial charge in [0, 0.05) is 22.8 Å². The summed E-state index contributed by atoms with van der Waals surface area (Å²) in [6.45, 7) is 3.95. The number of anilines is 1. The molecule has 0 radical (unpaired) electrons. The van der Waals surface area contributed by atoms with Crippen molar-refractivity contribution in [2.75, 3.05) is 5.32 Å². The molecule has 2 heterocycles. The number of benzene rings is 3. The molecule has 158 valence electrons. The summed E-state index contributed by atoms with van der Waals surface area (Å²) in [7, 11) is 0. The number of hydrogen-bond acceptors (Lipinski definition) is 3. The van der Waals surface area contributed by atoms with E-state index < -0.39 is 0 Å². The third-order valence-corrected chi connectivity index (χ3v) is 5.35. The molecule has 2 N–H and O–H groups in total. The van der Waals surface area contributed by atoms with Gasteiger partial charge in [-0.15, -0.1) is 0 Å². The summed E-state index contributed by atoms with van der Waals surface area (Å²) in [4.78, 5) is 30.2. The molecule has 3 aromatic carbocycles. The van der Waals surface area contributed by atoms with Crippen molar-refractivity contribution in [2.45, 2.75) is 13.8 Å². The van der Waals surface area contributed by atoms with Crippen molar-refractivity contribution in [1.29, 1.82) is 0 Å². The minimum absolute atomic E-state index is 0.255. The largest absolute Gasteiger partial charge is 0.322 e. The molecule has 0 saturated heterocycles. The maximum absolute atomic E-state index is 13.3. The average molecular weight is 426 g/mol. The molecule has 5 rings (SSSR count). The molecule has 5 aromatic rings. The molecule has 0 aliphatic heterocycles. The van der Waals surface area contributed by atoms with Crippen LogP contribution < -0.4 is 10.9 Å². The first-order valence-electron chi connectivity index (χ1n) is 10.1. The number of carbonyl (C=O) groups excluding carboxylic acids is 1. The predicted octanol–water partition coefficient (Wildman–Crippen LogP) is 4.88. The maximum Gasteiger partial charge on any atom is 0.280 e. The van der Waals surface area contributed by atoms with E-state index in [0.29, 0.717) is 33.1 Å². The summed E-state index contributed by atoms with van der Waals surface area (Å²) in [6.07, 6.45) is 1.51. The number of fused-ring (bicyclic) bond motifs is 3. The predicted molar refractivity (Wildman–Crippen MR) is 123 cm³/mol. The van der Waals surface area contributed by atoms with E-state index in [2.05, 4.69) is 15.4 Å². The Kier molecular flexibility index (Phi) is 4.59. The van der Waals surface area contributed by atoms with Crippen LogP contribution in [0.1, 0.15) is 21.5 Å². The monoisotopic (exact) mass is 426 g/mol. The van der Waals surface area contributed by atoms with Crippen LogP contribution in [0.15, 0.2) is 71.7 Å². The second kappa shape index (κ2) is 7.46. The van der Waals surface area contributed by atoms with Crippen LogP contribution in [0.25, 0.3) is 27.5 Å². The van der Waals surface area contributed by atoms with Crippen LogP contribution in [0.5, 0.6) is 0 Å². The quantitative estimate of drug-likeness (QED) is 0.432. The highest BCUT2D eigenvalue weighted by atomic mass is 19.1. The van der Waals surface area contributed by atoms with Crippen LogP contribution in [-0.2, 0) is 0 Å². The zero-order chi connectivity index (χ0) is 22.4. The zero-order valence-electron chi connectivity index (χ0n) is 17.4. The third-order valence-electron chi connectivity index (χ3n) is 5.35. The lowest BCUT2D eigenvalue weighted by atomic mass is 10.1. The average Bonchev–Trinajstić information content (AvgIpc) is 3.10. The summed E-state index contributed by atoms with van der Waals surface area (Å²) in [5.41, 5.74) is 4.70. The molecular weight excluding hydrogens is 407 g/mol. The highest BCUT2D eigenvalue weighted by molar-refractivity contribution is 6.10. The Balaban J connectivity index is 1.60. The molecule has 0 unspecified atom stereocenters. The molecule has 7 heteroatoms. The number of amides is 1. The highest BCUT2D eigenvalue weighted by Crippen LogP contribution is 2.23. The van der Waals surface area contributed by atoms with Gasteiger partial charge < -0.3 is 5.32 Å². The van der Waals surface area contributed by atoms with Gasteiger partial charge in [0.2, 0.25) is 0 Å². The maximum atomic E-state index is 13.3. The lowest BCUT2D eigenvalue weighted by Gasteiger charge is -2.08. The van der Waals surface area contributed by atoms with Crippen molar-refractivity contribution < 1.29 is 9.18 Å². The molecule has 0 aliphatic carbocycles. The van der Waals surface area contributed by atoms with Crippen LogP contribution in [-0.4, -0.2) is 20.7 Å². The number of aromatic amines is 1. The van der Waals surface area contributed by atoms with Crippen molar-refractivity contribution in [1.82, 2.24) is 14.8 Å². The lowest BCUT2D eigenvalue weighted by molar-refractivity contribution is 0.102. The number of pyridine rings is 1. The molecule has 32 heavy (non-hydrogen) atoms. The van der Waals surface area contributed by atoms with Gasteiger partial charge in [0.05, 0.1) is 22.1 Å². The minimum Gasteiger partial charge on any atom is -0.322 e. The van der Waals surface area contributed by atoms with Gasteiger partial charge in [0.1, 0.15) is 5.82 Å². The Bertz CT molecular complexity index is 1550. The Labute approximate surface area is 182 Å². The van der Waals surface area contributed by atoms with Crippen molar-refractivity contribution >= 4 is 33.4 Å². The molecule has 0 spiro atoms. The summed E-state index contributed by atoms with van der Waals surface area (Å²) >= 11 is 0. The van der Waals surface area contributed by atoms with Crippen LogP contribution in [0.3, 0.4) is 0 Å². The van der Waals surface area contributed by atoms with Crippen molar-refractivity contribution in [3.63, 3.8) is 0 Å².